The van der Waals surface area contributed by atoms with Crippen molar-refractivity contribution < 1.29 is 131 Å². The van der Waals surface area contributed by atoms with E-state index in [1.165, 1.54) is 0 Å². The van der Waals surface area contributed by atoms with Gasteiger partial charge < -0.3 is 5.73 Å². The monoisotopic (exact) mass is 881 g/mol. The summed E-state index contributed by atoms with van der Waals surface area (Å²) >= 11 is 0. The van der Waals surface area contributed by atoms with Crippen LogP contribution in [0.5, 0.6) is 0 Å². The van der Waals surface area contributed by atoms with Crippen LogP contribution >= 0.6 is 0 Å². The maximum absolute atomic E-state index is 14.0. The number of rotatable bonds is 18. The van der Waals surface area contributed by atoms with Crippen molar-refractivity contribution in [2.24, 2.45) is 0 Å². The number of halogens is 24. The highest BCUT2D eigenvalue weighted by atomic mass is 32.2. The van der Waals surface area contributed by atoms with E-state index in [1.807, 2.05) is 0 Å². The first-order valence-electron chi connectivity index (χ1n) is 11.9. The predicted octanol–water partition coefficient (Wildman–Crippen LogP) is 7.56. The van der Waals surface area contributed by atoms with Crippen LogP contribution in [0, 0.1) is 0 Å². The highest BCUT2D eigenvalue weighted by Crippen LogP contribution is 2.59. The second-order valence-corrected chi connectivity index (χ2v) is 13.0. The van der Waals surface area contributed by atoms with E-state index in [0.717, 1.165) is 0 Å². The maximum Gasteiger partial charge on any atom is 0.384 e. The summed E-state index contributed by atoms with van der Waals surface area (Å²) in [5.74, 6) is -77.5. The summed E-state index contributed by atoms with van der Waals surface area (Å²) in [6.45, 7) is -7.71. The van der Waals surface area contributed by atoms with Gasteiger partial charge in [0.2, 0.25) is 0 Å². The Balaban J connectivity index is 3.49. The summed E-state index contributed by atoms with van der Waals surface area (Å²) in [7, 11) is -13.0. The molecule has 7 nitrogen and oxygen atoms in total. The molecule has 1 aromatic rings. The number of hydrogen-bond donors (Lipinski definition) is 1. The third-order valence-corrected chi connectivity index (χ3v) is 8.80. The summed E-state index contributed by atoms with van der Waals surface area (Å²) in [5.41, 5.74) is 3.44. The molecule has 0 aliphatic heterocycles. The molecule has 53 heavy (non-hydrogen) atoms. The normalized spacial score (nSPS) is 15.8. The number of nitrogen functional groups attached to an aromatic ring is 1. The summed E-state index contributed by atoms with van der Waals surface area (Å²) in [6.07, 6.45) is -11.8. The van der Waals surface area contributed by atoms with E-state index >= 15 is 0 Å². The van der Waals surface area contributed by atoms with Crippen LogP contribution in [0.15, 0.2) is 28.0 Å². The van der Waals surface area contributed by atoms with Crippen LogP contribution < -0.4 is 5.73 Å². The number of alkyl halides is 24. The van der Waals surface area contributed by atoms with Gasteiger partial charge in [-0.2, -0.15) is 105 Å². The Morgan fingerprint density at radius 1 is 0.491 bits per heavy atom. The molecule has 0 aromatic heterocycles. The van der Waals surface area contributed by atoms with Crippen molar-refractivity contribution in [3.05, 3.63) is 18.2 Å². The van der Waals surface area contributed by atoms with E-state index in [2.05, 4.69) is 8.37 Å². The summed E-state index contributed by atoms with van der Waals surface area (Å²) in [5, 5.41) is 0. The van der Waals surface area contributed by atoms with E-state index in [0.29, 0.717) is 0 Å². The Kier molecular flexibility index (Phi) is 12.5. The van der Waals surface area contributed by atoms with Crippen molar-refractivity contribution in [3.63, 3.8) is 0 Å². The van der Waals surface area contributed by atoms with E-state index in [4.69, 9.17) is 5.73 Å². The number of hydrogen-bond acceptors (Lipinski definition) is 7. The van der Waals surface area contributed by atoms with Crippen molar-refractivity contribution >= 4 is 25.9 Å². The molecule has 0 unspecified atom stereocenters. The molecule has 0 aliphatic rings. The quantitative estimate of drug-likeness (QED) is 0.0921. The van der Waals surface area contributed by atoms with Crippen molar-refractivity contribution in [1.82, 2.24) is 0 Å². The minimum Gasteiger partial charge on any atom is -0.398 e. The zero-order valence-corrected chi connectivity index (χ0v) is 25.3. The molecule has 0 spiro atoms. The summed E-state index contributed by atoms with van der Waals surface area (Å²) in [6, 6.07) is -1.01. The van der Waals surface area contributed by atoms with E-state index in [9.17, 15) is 122 Å². The molecule has 0 radical (unpaired) electrons. The van der Waals surface area contributed by atoms with Crippen molar-refractivity contribution in [2.75, 3.05) is 18.9 Å². The highest BCUT2D eigenvalue weighted by molar-refractivity contribution is 7.87. The van der Waals surface area contributed by atoms with Crippen LogP contribution in [0.2, 0.25) is 0 Å². The van der Waals surface area contributed by atoms with Crippen molar-refractivity contribution in [3.8, 4) is 0 Å². The van der Waals surface area contributed by atoms with Crippen LogP contribution in [0.25, 0.3) is 0 Å². The zero-order valence-electron chi connectivity index (χ0n) is 23.7. The Morgan fingerprint density at radius 2 is 0.792 bits per heavy atom. The van der Waals surface area contributed by atoms with Crippen LogP contribution in [0.1, 0.15) is 0 Å². The van der Waals surface area contributed by atoms with Gasteiger partial charge in [-0.05, 0) is 18.2 Å². The van der Waals surface area contributed by atoms with Crippen LogP contribution in [0.4, 0.5) is 111 Å². The summed E-state index contributed by atoms with van der Waals surface area (Å²) < 4.78 is 374. The van der Waals surface area contributed by atoms with Gasteiger partial charge in [-0.3, -0.25) is 8.37 Å². The van der Waals surface area contributed by atoms with Gasteiger partial charge in [-0.1, -0.05) is 0 Å². The SMILES string of the molecule is Nc1ccc(S(=O)(=O)OCC(F)(F)C(F)(F)C(F)(F)C(F)(F)C(F)(F)C(F)F)cc1S(=O)(=O)OCC(F)(F)C(F)(F)C(F)(F)C(F)(F)C(F)(F)C(F)F. The first kappa shape index (κ1) is 48.2. The lowest BCUT2D eigenvalue weighted by molar-refractivity contribution is -0.414. The Morgan fingerprint density at radius 3 is 1.09 bits per heavy atom. The Hall–Kier alpha value is -2.84. The van der Waals surface area contributed by atoms with Crippen LogP contribution in [0.3, 0.4) is 0 Å². The molecule has 0 fully saturated rings. The molecule has 0 amide bonds. The smallest absolute Gasteiger partial charge is 0.384 e. The Bertz CT molecular complexity index is 1710. The molecule has 0 saturated carbocycles. The average Bonchev–Trinajstić information content (AvgIpc) is 2.98. The minimum atomic E-state index is -8.19. The van der Waals surface area contributed by atoms with E-state index < -0.39 is 127 Å². The van der Waals surface area contributed by atoms with Gasteiger partial charge in [-0.15, -0.1) is 0 Å². The molecule has 0 bridgehead atoms. The molecule has 312 valence electrons. The fraction of sp³-hybridized carbons (Fsp3) is 0.700. The largest absolute Gasteiger partial charge is 0.398 e. The van der Waals surface area contributed by atoms with Crippen molar-refractivity contribution in [2.45, 2.75) is 81.9 Å². The molecule has 1 aromatic carbocycles. The van der Waals surface area contributed by atoms with Crippen LogP contribution in [-0.4, -0.2) is 102 Å². The van der Waals surface area contributed by atoms with Gasteiger partial charge in [-0.25, -0.2) is 17.6 Å². The zero-order chi connectivity index (χ0) is 42.8. The molecule has 0 aliphatic carbocycles. The first-order chi connectivity index (χ1) is 22.9. The van der Waals surface area contributed by atoms with E-state index in [1.54, 1.807) is 0 Å². The number of anilines is 1. The highest BCUT2D eigenvalue weighted by Gasteiger charge is 2.89. The second kappa shape index (κ2) is 13.7. The molecule has 33 heteroatoms. The second-order valence-electron chi connectivity index (χ2n) is 9.83. The lowest BCUT2D eigenvalue weighted by Gasteiger charge is -2.38. The predicted molar refractivity (Wildman–Crippen MR) is 119 cm³/mol. The minimum absolute atomic E-state index is 0.131. The summed E-state index contributed by atoms with van der Waals surface area (Å²) in [4.78, 5) is -4.37. The molecule has 2 N–H and O–H groups in total. The topological polar surface area (TPSA) is 113 Å². The fourth-order valence-electron chi connectivity index (χ4n) is 3.05. The number of nitrogens with two attached hydrogens (primary N) is 1. The lowest BCUT2D eigenvalue weighted by Crippen LogP contribution is -2.69. The van der Waals surface area contributed by atoms with Crippen LogP contribution in [-0.2, 0) is 28.6 Å². The molecule has 0 saturated heterocycles. The fourth-order valence-corrected chi connectivity index (χ4v) is 5.12. The standard InChI is InChI=1S/C20H11F24NO6S2/c21-9(22)13(29,30)17(37,38)19(41,42)15(33,34)11(25,26)4-50-52(46,47)6-1-2-7(45)8(3-6)53(48,49)51-5-12(27,28)16(35,36)20(43,44)18(39,40)14(31,32)10(23)24/h1-3,9-10H,4-5,45H2. The maximum atomic E-state index is 14.0. The molecule has 0 atom stereocenters. The lowest BCUT2D eigenvalue weighted by atomic mass is 9.95. The third-order valence-electron chi connectivity index (χ3n) is 6.22. The van der Waals surface area contributed by atoms with Gasteiger partial charge in [0.15, 0.2) is 0 Å². The number of benzene rings is 1. The molecular weight excluding hydrogens is 870 g/mol. The Labute approximate surface area is 276 Å². The van der Waals surface area contributed by atoms with Gasteiger partial charge in [0.25, 0.3) is 20.2 Å². The molecule has 1 rings (SSSR count). The third kappa shape index (κ3) is 7.57. The molecular formula is C20H11F24NO6S2. The molecule has 0 heterocycles. The van der Waals surface area contributed by atoms with E-state index in [-0.39, 0.29) is 12.1 Å². The van der Waals surface area contributed by atoms with Crippen molar-refractivity contribution in [1.29, 1.82) is 0 Å². The van der Waals surface area contributed by atoms with Gasteiger partial charge >= 0.3 is 72.1 Å². The first-order valence-corrected chi connectivity index (χ1v) is 14.8. The van der Waals surface area contributed by atoms with Gasteiger partial charge in [0.05, 0.1) is 10.6 Å². The van der Waals surface area contributed by atoms with Gasteiger partial charge in [0.1, 0.15) is 18.1 Å². The van der Waals surface area contributed by atoms with Gasteiger partial charge in [0, 0.05) is 0 Å². The average molecular weight is 881 g/mol.